The zero-order valence-electron chi connectivity index (χ0n) is 10.2. The summed E-state index contributed by atoms with van der Waals surface area (Å²) in [6.45, 7) is 2.87. The van der Waals surface area contributed by atoms with Crippen LogP contribution in [0.15, 0.2) is 11.4 Å². The SMILES string of the molecule is CCC(O)CCNC(=O)c1sccc1COC. The number of thiophene rings is 1. The van der Waals surface area contributed by atoms with Crippen molar-refractivity contribution in [3.63, 3.8) is 0 Å². The van der Waals surface area contributed by atoms with E-state index in [1.165, 1.54) is 11.3 Å². The van der Waals surface area contributed by atoms with E-state index < -0.39 is 0 Å². The van der Waals surface area contributed by atoms with Gasteiger partial charge in [0.25, 0.3) is 5.91 Å². The monoisotopic (exact) mass is 257 g/mol. The predicted molar refractivity (Wildman–Crippen MR) is 68.3 cm³/mol. The summed E-state index contributed by atoms with van der Waals surface area (Å²) in [6.07, 6.45) is 0.967. The molecule has 0 spiro atoms. The molecular weight excluding hydrogens is 238 g/mol. The largest absolute Gasteiger partial charge is 0.393 e. The topological polar surface area (TPSA) is 58.6 Å². The first kappa shape index (κ1) is 14.2. The van der Waals surface area contributed by atoms with Gasteiger partial charge in [-0.15, -0.1) is 11.3 Å². The van der Waals surface area contributed by atoms with E-state index in [1.54, 1.807) is 7.11 Å². The molecule has 0 aliphatic heterocycles. The summed E-state index contributed by atoms with van der Waals surface area (Å²) in [5.74, 6) is -0.0876. The number of carbonyl (C=O) groups is 1. The minimum absolute atomic E-state index is 0.0876. The van der Waals surface area contributed by atoms with Gasteiger partial charge in [0.15, 0.2) is 0 Å². The molecule has 0 fully saturated rings. The van der Waals surface area contributed by atoms with Crippen LogP contribution >= 0.6 is 11.3 Å². The van der Waals surface area contributed by atoms with Crippen molar-refractivity contribution in [2.45, 2.75) is 32.5 Å². The van der Waals surface area contributed by atoms with Gasteiger partial charge in [0.05, 0.1) is 17.6 Å². The Morgan fingerprint density at radius 1 is 1.65 bits per heavy atom. The summed E-state index contributed by atoms with van der Waals surface area (Å²) >= 11 is 1.41. The van der Waals surface area contributed by atoms with Crippen LogP contribution in [0, 0.1) is 0 Å². The molecule has 0 saturated heterocycles. The molecule has 0 bridgehead atoms. The second kappa shape index (κ2) is 7.42. The van der Waals surface area contributed by atoms with Gasteiger partial charge in [-0.3, -0.25) is 4.79 Å². The molecule has 0 aliphatic carbocycles. The minimum Gasteiger partial charge on any atom is -0.393 e. The molecular formula is C12H19NO3S. The van der Waals surface area contributed by atoms with E-state index in [1.807, 2.05) is 18.4 Å². The van der Waals surface area contributed by atoms with Crippen LogP contribution in [0.5, 0.6) is 0 Å². The molecule has 2 N–H and O–H groups in total. The van der Waals surface area contributed by atoms with Crippen molar-refractivity contribution >= 4 is 17.2 Å². The lowest BCUT2D eigenvalue weighted by atomic mass is 10.2. The molecule has 1 unspecified atom stereocenters. The highest BCUT2D eigenvalue weighted by Gasteiger charge is 2.12. The molecule has 0 aromatic carbocycles. The summed E-state index contributed by atoms with van der Waals surface area (Å²) in [6, 6.07) is 1.89. The fourth-order valence-corrected chi connectivity index (χ4v) is 2.27. The fraction of sp³-hybridized carbons (Fsp3) is 0.583. The quantitative estimate of drug-likeness (QED) is 0.783. The lowest BCUT2D eigenvalue weighted by molar-refractivity contribution is 0.0941. The average Bonchev–Trinajstić information content (AvgIpc) is 2.77. The molecule has 0 aliphatic rings. The van der Waals surface area contributed by atoms with Crippen molar-refractivity contribution < 1.29 is 14.6 Å². The first-order valence-corrected chi connectivity index (χ1v) is 6.58. The number of methoxy groups -OCH3 is 1. The van der Waals surface area contributed by atoms with Crippen LogP contribution in [0.25, 0.3) is 0 Å². The number of aliphatic hydroxyl groups is 1. The van der Waals surface area contributed by atoms with Gasteiger partial charge in [0.2, 0.25) is 0 Å². The molecule has 1 amide bonds. The van der Waals surface area contributed by atoms with E-state index in [9.17, 15) is 9.90 Å². The molecule has 96 valence electrons. The zero-order valence-corrected chi connectivity index (χ0v) is 11.0. The molecule has 17 heavy (non-hydrogen) atoms. The predicted octanol–water partition coefficient (Wildman–Crippen LogP) is 1.79. The van der Waals surface area contributed by atoms with Gasteiger partial charge in [0.1, 0.15) is 0 Å². The summed E-state index contributed by atoms with van der Waals surface area (Å²) < 4.78 is 5.02. The van der Waals surface area contributed by atoms with Gasteiger partial charge < -0.3 is 15.2 Å². The highest BCUT2D eigenvalue weighted by atomic mass is 32.1. The summed E-state index contributed by atoms with van der Waals surface area (Å²) in [5, 5.41) is 14.1. The van der Waals surface area contributed by atoms with Gasteiger partial charge in [0, 0.05) is 19.2 Å². The van der Waals surface area contributed by atoms with Crippen LogP contribution in [0.2, 0.25) is 0 Å². The first-order chi connectivity index (χ1) is 8.19. The van der Waals surface area contributed by atoms with E-state index in [0.717, 1.165) is 5.56 Å². The number of hydrogen-bond acceptors (Lipinski definition) is 4. The van der Waals surface area contributed by atoms with Crippen molar-refractivity contribution in [3.05, 3.63) is 21.9 Å². The van der Waals surface area contributed by atoms with Crippen molar-refractivity contribution in [2.24, 2.45) is 0 Å². The van der Waals surface area contributed by atoms with Crippen LogP contribution in [-0.4, -0.2) is 30.8 Å². The number of hydrogen-bond donors (Lipinski definition) is 2. The van der Waals surface area contributed by atoms with Gasteiger partial charge in [-0.05, 0) is 24.3 Å². The fourth-order valence-electron chi connectivity index (χ4n) is 1.44. The van der Waals surface area contributed by atoms with Crippen LogP contribution < -0.4 is 5.32 Å². The van der Waals surface area contributed by atoms with Gasteiger partial charge in [-0.1, -0.05) is 6.92 Å². The van der Waals surface area contributed by atoms with Crippen LogP contribution in [0.3, 0.4) is 0 Å². The van der Waals surface area contributed by atoms with Crippen molar-refractivity contribution in [3.8, 4) is 0 Å². The Bertz CT molecular complexity index is 351. The number of rotatable bonds is 7. The molecule has 1 aromatic heterocycles. The second-order valence-corrected chi connectivity index (χ2v) is 4.73. The lowest BCUT2D eigenvalue weighted by Crippen LogP contribution is -2.27. The normalized spacial score (nSPS) is 12.4. The molecule has 1 atom stereocenters. The molecule has 1 heterocycles. The maximum absolute atomic E-state index is 11.8. The standard InChI is InChI=1S/C12H19NO3S/c1-3-10(14)4-6-13-12(15)11-9(8-16-2)5-7-17-11/h5,7,10,14H,3-4,6,8H2,1-2H3,(H,13,15). The Labute approximate surface area is 106 Å². The van der Waals surface area contributed by atoms with Crippen molar-refractivity contribution in [2.75, 3.05) is 13.7 Å². The zero-order chi connectivity index (χ0) is 12.7. The summed E-state index contributed by atoms with van der Waals surface area (Å²) in [7, 11) is 1.61. The van der Waals surface area contributed by atoms with E-state index in [2.05, 4.69) is 5.32 Å². The number of nitrogens with one attached hydrogen (secondary N) is 1. The number of amides is 1. The van der Waals surface area contributed by atoms with Gasteiger partial charge in [-0.2, -0.15) is 0 Å². The lowest BCUT2D eigenvalue weighted by Gasteiger charge is -2.09. The highest BCUT2D eigenvalue weighted by Crippen LogP contribution is 2.17. The minimum atomic E-state index is -0.336. The Hall–Kier alpha value is -0.910. The smallest absolute Gasteiger partial charge is 0.261 e. The average molecular weight is 257 g/mol. The molecule has 0 saturated carbocycles. The first-order valence-electron chi connectivity index (χ1n) is 5.70. The Kier molecular flexibility index (Phi) is 6.18. The number of aliphatic hydroxyl groups excluding tert-OH is 1. The Balaban J connectivity index is 2.43. The maximum Gasteiger partial charge on any atom is 0.261 e. The third-order valence-electron chi connectivity index (χ3n) is 2.49. The Morgan fingerprint density at radius 2 is 2.41 bits per heavy atom. The van der Waals surface area contributed by atoms with Crippen LogP contribution in [0.1, 0.15) is 35.0 Å². The van der Waals surface area contributed by atoms with Gasteiger partial charge in [-0.25, -0.2) is 0 Å². The second-order valence-electron chi connectivity index (χ2n) is 3.81. The van der Waals surface area contributed by atoms with Crippen molar-refractivity contribution in [1.29, 1.82) is 0 Å². The van der Waals surface area contributed by atoms with Crippen molar-refractivity contribution in [1.82, 2.24) is 5.32 Å². The van der Waals surface area contributed by atoms with E-state index in [-0.39, 0.29) is 12.0 Å². The summed E-state index contributed by atoms with van der Waals surface area (Å²) in [5.41, 5.74) is 0.908. The van der Waals surface area contributed by atoms with Gasteiger partial charge >= 0.3 is 0 Å². The van der Waals surface area contributed by atoms with Crippen LogP contribution in [0.4, 0.5) is 0 Å². The summed E-state index contributed by atoms with van der Waals surface area (Å²) in [4.78, 5) is 12.5. The Morgan fingerprint density at radius 3 is 3.06 bits per heavy atom. The molecule has 1 aromatic rings. The third kappa shape index (κ3) is 4.46. The molecule has 1 rings (SSSR count). The number of ether oxygens (including phenoxy) is 1. The van der Waals surface area contributed by atoms with E-state index in [0.29, 0.717) is 30.9 Å². The van der Waals surface area contributed by atoms with E-state index >= 15 is 0 Å². The van der Waals surface area contributed by atoms with Crippen LogP contribution in [-0.2, 0) is 11.3 Å². The number of carbonyl (C=O) groups excluding carboxylic acids is 1. The maximum atomic E-state index is 11.8. The van der Waals surface area contributed by atoms with E-state index in [4.69, 9.17) is 4.74 Å². The molecule has 5 heteroatoms. The highest BCUT2D eigenvalue weighted by molar-refractivity contribution is 7.12. The molecule has 4 nitrogen and oxygen atoms in total. The third-order valence-corrected chi connectivity index (χ3v) is 3.44. The molecule has 0 radical (unpaired) electrons.